The smallest absolute Gasteiger partial charge is 0.328 e. The normalized spacial score (nSPS) is 18.9. The van der Waals surface area contributed by atoms with E-state index >= 15 is 0 Å². The van der Waals surface area contributed by atoms with Gasteiger partial charge in [0, 0.05) is 24.9 Å². The van der Waals surface area contributed by atoms with E-state index in [1.54, 1.807) is 22.2 Å². The summed E-state index contributed by atoms with van der Waals surface area (Å²) in [6.07, 6.45) is 7.20. The molecule has 1 atom stereocenters. The van der Waals surface area contributed by atoms with Gasteiger partial charge in [-0.05, 0) is 43.4 Å². The van der Waals surface area contributed by atoms with E-state index in [1.165, 1.54) is 0 Å². The Bertz CT molecular complexity index is 839. The molecule has 3 rings (SSSR count). The van der Waals surface area contributed by atoms with E-state index in [0.29, 0.717) is 5.82 Å². The van der Waals surface area contributed by atoms with Crippen LogP contribution in [0.2, 0.25) is 0 Å². The largest absolute Gasteiger partial charge is 0.336 e. The van der Waals surface area contributed by atoms with Gasteiger partial charge in [-0.3, -0.25) is 10.2 Å². The molecular weight excluding hydrogens is 338 g/mol. The molecule has 142 valence electrons. The van der Waals surface area contributed by atoms with Crippen molar-refractivity contribution in [1.29, 1.82) is 0 Å². The maximum absolute atomic E-state index is 13.2. The fourth-order valence-corrected chi connectivity index (χ4v) is 3.37. The van der Waals surface area contributed by atoms with Crippen LogP contribution in [0.1, 0.15) is 44.4 Å². The summed E-state index contributed by atoms with van der Waals surface area (Å²) in [5, 5.41) is 2.92. The first-order chi connectivity index (χ1) is 12.9. The zero-order valence-electron chi connectivity index (χ0n) is 16.3. The number of aryl methyl sites for hydroxylation is 1. The molecule has 27 heavy (non-hydrogen) atoms. The van der Waals surface area contributed by atoms with Crippen LogP contribution >= 0.6 is 0 Å². The molecule has 1 N–H and O–H groups in total. The minimum atomic E-state index is -0.207. The van der Waals surface area contributed by atoms with Crippen molar-refractivity contribution in [3.63, 3.8) is 0 Å². The first-order valence-corrected chi connectivity index (χ1v) is 9.34. The summed E-state index contributed by atoms with van der Waals surface area (Å²) >= 11 is 0. The number of nitrogens with zero attached hydrogens (tertiary/aromatic N) is 4. The minimum Gasteiger partial charge on any atom is -0.336 e. The second-order valence-electron chi connectivity index (χ2n) is 7.12. The molecule has 0 radical (unpaired) electrons. The molecule has 2 aliphatic heterocycles. The highest BCUT2D eigenvalue weighted by Gasteiger charge is 2.32. The van der Waals surface area contributed by atoms with Gasteiger partial charge in [-0.1, -0.05) is 32.6 Å². The van der Waals surface area contributed by atoms with Crippen molar-refractivity contribution in [2.45, 2.75) is 45.6 Å². The van der Waals surface area contributed by atoms with E-state index in [9.17, 15) is 4.79 Å². The molecule has 0 bridgehead atoms. The molecule has 1 aromatic heterocycles. The standard InChI is InChI=1S/C21H27N5O/c1-6-7-17-10-8-16-9-11-18(14(2)3)23-20(16)26(17)21(27)24-19-12-15(4)25(5)13-22-19/h9,11-13,17H,2,4,6-8,10H2,1,3,5H3,(H,24,27). The number of aromatic nitrogens is 1. The lowest BCUT2D eigenvalue weighted by molar-refractivity contribution is 0.244. The van der Waals surface area contributed by atoms with Crippen molar-refractivity contribution >= 4 is 23.8 Å². The molecule has 0 aromatic carbocycles. The Hall–Kier alpha value is -2.89. The number of aliphatic imine (C=N–C) groups is 1. The van der Waals surface area contributed by atoms with Crippen LogP contribution in [0.25, 0.3) is 5.57 Å². The van der Waals surface area contributed by atoms with Crippen molar-refractivity contribution in [3.05, 3.63) is 54.1 Å². The second kappa shape index (κ2) is 7.78. The molecule has 6 heteroatoms. The monoisotopic (exact) mass is 365 g/mol. The second-order valence-corrected chi connectivity index (χ2v) is 7.12. The summed E-state index contributed by atoms with van der Waals surface area (Å²) in [6, 6.07) is 3.95. The van der Waals surface area contributed by atoms with Crippen molar-refractivity contribution in [2.75, 3.05) is 11.9 Å². The summed E-state index contributed by atoms with van der Waals surface area (Å²) in [5.74, 6) is 1.22. The number of anilines is 1. The van der Waals surface area contributed by atoms with E-state index in [1.807, 2.05) is 20.0 Å². The molecule has 3 heterocycles. The maximum Gasteiger partial charge on any atom is 0.328 e. The maximum atomic E-state index is 13.2. The highest BCUT2D eigenvalue weighted by atomic mass is 16.2. The Labute approximate surface area is 161 Å². The average Bonchev–Trinajstić information content (AvgIpc) is 2.64. The van der Waals surface area contributed by atoms with Crippen LogP contribution in [0, 0.1) is 0 Å². The quantitative estimate of drug-likeness (QED) is 0.875. The van der Waals surface area contributed by atoms with Gasteiger partial charge in [-0.2, -0.15) is 0 Å². The summed E-state index contributed by atoms with van der Waals surface area (Å²) in [4.78, 5) is 25.8. The molecule has 6 nitrogen and oxygen atoms in total. The first-order valence-electron chi connectivity index (χ1n) is 9.34. The van der Waals surface area contributed by atoms with Crippen molar-refractivity contribution in [2.24, 2.45) is 4.99 Å². The van der Waals surface area contributed by atoms with Gasteiger partial charge in [0.2, 0.25) is 0 Å². The molecule has 0 fully saturated rings. The number of nitrogens with one attached hydrogen (secondary N) is 1. The molecule has 0 saturated heterocycles. The van der Waals surface area contributed by atoms with Gasteiger partial charge < -0.3 is 4.90 Å². The number of rotatable bonds is 4. The number of hydrogen-bond acceptors (Lipinski definition) is 4. The zero-order valence-corrected chi connectivity index (χ0v) is 16.3. The molecule has 1 aromatic rings. The van der Waals surface area contributed by atoms with Gasteiger partial charge in [0.15, 0.2) is 0 Å². The molecule has 0 saturated carbocycles. The average molecular weight is 365 g/mol. The van der Waals surface area contributed by atoms with Crippen molar-refractivity contribution in [3.8, 4) is 0 Å². The molecule has 2 aliphatic rings. The van der Waals surface area contributed by atoms with E-state index in [4.69, 9.17) is 4.98 Å². The first kappa shape index (κ1) is 18.9. The van der Waals surface area contributed by atoms with E-state index in [0.717, 1.165) is 54.0 Å². The van der Waals surface area contributed by atoms with Gasteiger partial charge in [0.05, 0.1) is 12.0 Å². The molecule has 1 unspecified atom stereocenters. The highest BCUT2D eigenvalue weighted by molar-refractivity contribution is 5.94. The van der Waals surface area contributed by atoms with E-state index < -0.39 is 0 Å². The minimum absolute atomic E-state index is 0.120. The van der Waals surface area contributed by atoms with Crippen LogP contribution < -0.4 is 10.2 Å². The molecular formula is C21H27N5O. The number of fused-ring (bicyclic) bond motifs is 1. The number of carbonyl (C=O) groups excluding carboxylic acids is 1. The fraction of sp³-hybridized carbons (Fsp3) is 0.381. The molecule has 0 aliphatic carbocycles. The highest BCUT2D eigenvalue weighted by Crippen LogP contribution is 2.32. The predicted octanol–water partition coefficient (Wildman–Crippen LogP) is 4.07. The van der Waals surface area contributed by atoms with Gasteiger partial charge in [-0.25, -0.2) is 14.8 Å². The third-order valence-electron chi connectivity index (χ3n) is 4.94. The van der Waals surface area contributed by atoms with Crippen LogP contribution in [-0.2, 0) is 6.42 Å². The Balaban J connectivity index is 1.93. The van der Waals surface area contributed by atoms with Gasteiger partial charge in [0.1, 0.15) is 11.6 Å². The summed E-state index contributed by atoms with van der Waals surface area (Å²) in [7, 11) is 1.86. The van der Waals surface area contributed by atoms with Gasteiger partial charge in [0.25, 0.3) is 0 Å². The van der Waals surface area contributed by atoms with Crippen molar-refractivity contribution in [1.82, 2.24) is 15.2 Å². The number of urea groups is 1. The predicted molar refractivity (Wildman–Crippen MR) is 110 cm³/mol. The van der Waals surface area contributed by atoms with Gasteiger partial charge in [-0.15, -0.1) is 0 Å². The van der Waals surface area contributed by atoms with Crippen LogP contribution in [0.5, 0.6) is 0 Å². The third-order valence-corrected chi connectivity index (χ3v) is 4.94. The van der Waals surface area contributed by atoms with E-state index in [-0.39, 0.29) is 12.1 Å². The summed E-state index contributed by atoms with van der Waals surface area (Å²) in [5.41, 5.74) is 3.56. The Morgan fingerprint density at radius 3 is 2.85 bits per heavy atom. The topological polar surface area (TPSA) is 60.8 Å². The lowest BCUT2D eigenvalue weighted by atomic mass is 9.95. The SMILES string of the molecule is C=C(C)c1ccc2c(n1)N(C(=O)NC1=CC(=C)N(C)C=N1)C(CCC)CC2. The van der Waals surface area contributed by atoms with E-state index in [2.05, 4.69) is 36.5 Å². The number of amides is 2. The lowest BCUT2D eigenvalue weighted by Gasteiger charge is -2.36. The Morgan fingerprint density at radius 2 is 2.19 bits per heavy atom. The number of likely N-dealkylation sites (N-methyl/N-ethyl adjacent to an activating group) is 1. The Morgan fingerprint density at radius 1 is 1.41 bits per heavy atom. The lowest BCUT2D eigenvalue weighted by Crippen LogP contribution is -2.49. The van der Waals surface area contributed by atoms with Gasteiger partial charge >= 0.3 is 6.03 Å². The zero-order chi connectivity index (χ0) is 19.6. The third kappa shape index (κ3) is 3.94. The Kier molecular flexibility index (Phi) is 5.44. The van der Waals surface area contributed by atoms with Crippen LogP contribution in [-0.4, -0.2) is 35.3 Å². The molecule has 0 spiro atoms. The van der Waals surface area contributed by atoms with Crippen LogP contribution in [0.15, 0.2) is 47.9 Å². The van der Waals surface area contributed by atoms with Crippen molar-refractivity contribution < 1.29 is 4.79 Å². The van der Waals surface area contributed by atoms with Crippen LogP contribution in [0.3, 0.4) is 0 Å². The number of carbonyl (C=O) groups is 1. The molecule has 2 amide bonds. The number of hydrogen-bond donors (Lipinski definition) is 1. The summed E-state index contributed by atoms with van der Waals surface area (Å²) in [6.45, 7) is 12.0. The number of pyridine rings is 1. The fourth-order valence-electron chi connectivity index (χ4n) is 3.37. The number of allylic oxidation sites excluding steroid dienone is 2. The van der Waals surface area contributed by atoms with Crippen LogP contribution in [0.4, 0.5) is 10.6 Å². The summed E-state index contributed by atoms with van der Waals surface area (Å²) < 4.78 is 0.